The summed E-state index contributed by atoms with van der Waals surface area (Å²) in [7, 11) is 0. The Morgan fingerprint density at radius 2 is 1.92 bits per heavy atom. The van der Waals surface area contributed by atoms with E-state index in [1.54, 1.807) is 24.3 Å². The summed E-state index contributed by atoms with van der Waals surface area (Å²) in [6.45, 7) is 7.82. The minimum Gasteiger partial charge on any atom is -0.311 e. The number of benzene rings is 1. The zero-order valence-corrected chi connectivity index (χ0v) is 14.7. The zero-order chi connectivity index (χ0) is 18.0. The molecule has 0 bridgehead atoms. The van der Waals surface area contributed by atoms with Gasteiger partial charge in [-0.1, -0.05) is 12.1 Å². The molecule has 0 aliphatic heterocycles. The van der Waals surface area contributed by atoms with Gasteiger partial charge in [0.05, 0.1) is 29.6 Å². The van der Waals surface area contributed by atoms with Crippen LogP contribution < -0.4 is 16.4 Å². The largest absolute Gasteiger partial charge is 0.311 e. The van der Waals surface area contributed by atoms with E-state index in [1.807, 2.05) is 24.6 Å². The predicted octanol–water partition coefficient (Wildman–Crippen LogP) is 1.18. The van der Waals surface area contributed by atoms with Crippen LogP contribution in [0.1, 0.15) is 18.3 Å². The number of H-pyrrole nitrogens is 1. The Morgan fingerprint density at radius 1 is 1.20 bits per heavy atom. The Kier molecular flexibility index (Phi) is 4.85. The van der Waals surface area contributed by atoms with E-state index < -0.39 is 0 Å². The summed E-state index contributed by atoms with van der Waals surface area (Å²) in [5.74, 6) is 0. The van der Waals surface area contributed by atoms with Gasteiger partial charge in [0, 0.05) is 18.3 Å². The van der Waals surface area contributed by atoms with E-state index in [4.69, 9.17) is 0 Å². The first-order valence-electron chi connectivity index (χ1n) is 8.42. The second kappa shape index (κ2) is 7.06. The molecule has 25 heavy (non-hydrogen) atoms. The fraction of sp³-hybridized carbons (Fsp3) is 0.389. The van der Waals surface area contributed by atoms with Gasteiger partial charge in [-0.05, 0) is 39.0 Å². The molecular weight excluding hydrogens is 318 g/mol. The molecule has 7 heteroatoms. The molecule has 0 aliphatic carbocycles. The molecule has 0 saturated carbocycles. The SMILES string of the molecule is Cc1cc(C)n(C[C@@H](C)NCCn2[nH]c(=O)c3ccccc3c2=O)n1. The minimum atomic E-state index is -0.245. The highest BCUT2D eigenvalue weighted by atomic mass is 16.2. The average Bonchev–Trinajstić information content (AvgIpc) is 2.89. The Morgan fingerprint density at radius 3 is 2.60 bits per heavy atom. The van der Waals surface area contributed by atoms with Gasteiger partial charge in [-0.3, -0.25) is 19.4 Å². The highest BCUT2D eigenvalue weighted by Gasteiger charge is 2.09. The lowest BCUT2D eigenvalue weighted by Gasteiger charge is -2.15. The van der Waals surface area contributed by atoms with Crippen molar-refractivity contribution < 1.29 is 0 Å². The molecule has 0 spiro atoms. The van der Waals surface area contributed by atoms with Crippen LogP contribution in [0.5, 0.6) is 0 Å². The maximum atomic E-state index is 12.4. The number of hydrogen-bond acceptors (Lipinski definition) is 4. The lowest BCUT2D eigenvalue weighted by atomic mass is 10.2. The first kappa shape index (κ1) is 17.2. The first-order valence-corrected chi connectivity index (χ1v) is 8.42. The molecular formula is C18H23N5O2. The third-order valence-electron chi connectivity index (χ3n) is 4.26. The fourth-order valence-corrected chi connectivity index (χ4v) is 3.01. The number of rotatable bonds is 6. The summed E-state index contributed by atoms with van der Waals surface area (Å²) < 4.78 is 3.34. The predicted molar refractivity (Wildman–Crippen MR) is 98.0 cm³/mol. The van der Waals surface area contributed by atoms with E-state index in [2.05, 4.69) is 22.4 Å². The maximum absolute atomic E-state index is 12.4. The smallest absolute Gasteiger partial charge is 0.273 e. The van der Waals surface area contributed by atoms with Gasteiger partial charge in [-0.25, -0.2) is 4.68 Å². The summed E-state index contributed by atoms with van der Waals surface area (Å²) in [4.78, 5) is 24.5. The average molecular weight is 341 g/mol. The molecule has 1 aromatic carbocycles. The molecule has 0 amide bonds. The molecule has 0 radical (unpaired) electrons. The molecule has 0 unspecified atom stereocenters. The van der Waals surface area contributed by atoms with Crippen molar-refractivity contribution >= 4 is 10.8 Å². The van der Waals surface area contributed by atoms with Gasteiger partial charge in [0.15, 0.2) is 0 Å². The van der Waals surface area contributed by atoms with Crippen molar-refractivity contribution in [3.8, 4) is 0 Å². The van der Waals surface area contributed by atoms with Crippen LogP contribution in [0.2, 0.25) is 0 Å². The third-order valence-corrected chi connectivity index (χ3v) is 4.26. The van der Waals surface area contributed by atoms with Crippen molar-refractivity contribution in [1.29, 1.82) is 0 Å². The van der Waals surface area contributed by atoms with Crippen molar-refractivity contribution in [1.82, 2.24) is 24.9 Å². The van der Waals surface area contributed by atoms with Crippen LogP contribution in [0, 0.1) is 13.8 Å². The van der Waals surface area contributed by atoms with Crippen LogP contribution >= 0.6 is 0 Å². The lowest BCUT2D eigenvalue weighted by molar-refractivity contribution is 0.423. The van der Waals surface area contributed by atoms with Crippen LogP contribution in [-0.2, 0) is 13.1 Å². The number of aryl methyl sites for hydroxylation is 2. The molecule has 2 aromatic heterocycles. The number of fused-ring (bicyclic) bond motifs is 1. The van der Waals surface area contributed by atoms with E-state index in [9.17, 15) is 9.59 Å². The molecule has 132 valence electrons. The standard InChI is InChI=1S/C18H23N5O2/c1-12-10-14(3)23(20-12)11-13(2)19-8-9-22-18(25)16-7-5-4-6-15(16)17(24)21-22/h4-7,10,13,19H,8-9,11H2,1-3H3,(H,21,24)/t13-/m1/s1. The zero-order valence-electron chi connectivity index (χ0n) is 14.7. The monoisotopic (exact) mass is 341 g/mol. The van der Waals surface area contributed by atoms with Crippen LogP contribution in [0.25, 0.3) is 10.8 Å². The number of nitrogens with zero attached hydrogens (tertiary/aromatic N) is 3. The summed E-state index contributed by atoms with van der Waals surface area (Å²) in [5, 5.41) is 11.3. The van der Waals surface area contributed by atoms with Gasteiger partial charge in [-0.2, -0.15) is 5.10 Å². The normalized spacial score (nSPS) is 12.6. The fourth-order valence-electron chi connectivity index (χ4n) is 3.01. The van der Waals surface area contributed by atoms with Gasteiger partial charge in [-0.15, -0.1) is 0 Å². The highest BCUT2D eigenvalue weighted by molar-refractivity contribution is 5.80. The molecule has 1 atom stereocenters. The second-order valence-electron chi connectivity index (χ2n) is 6.41. The van der Waals surface area contributed by atoms with Crippen molar-refractivity contribution in [3.05, 3.63) is 62.4 Å². The number of nitrogens with one attached hydrogen (secondary N) is 2. The van der Waals surface area contributed by atoms with Gasteiger partial charge in [0.25, 0.3) is 11.1 Å². The summed E-state index contributed by atoms with van der Waals surface area (Å²) in [6, 6.07) is 9.11. The topological polar surface area (TPSA) is 84.7 Å². The molecule has 2 N–H and O–H groups in total. The van der Waals surface area contributed by atoms with Crippen LogP contribution in [-0.4, -0.2) is 32.1 Å². The summed E-state index contributed by atoms with van der Waals surface area (Å²) in [6.07, 6.45) is 0. The molecule has 2 heterocycles. The molecule has 3 rings (SSSR count). The molecule has 0 fully saturated rings. The molecule has 7 nitrogen and oxygen atoms in total. The first-order chi connectivity index (χ1) is 12.0. The lowest BCUT2D eigenvalue weighted by Crippen LogP contribution is -2.37. The van der Waals surface area contributed by atoms with Crippen molar-refractivity contribution in [2.24, 2.45) is 0 Å². The number of aromatic amines is 1. The molecule has 3 aromatic rings. The summed E-state index contributed by atoms with van der Waals surface area (Å²) in [5.41, 5.74) is 1.71. The molecule has 0 saturated heterocycles. The van der Waals surface area contributed by atoms with Crippen LogP contribution in [0.15, 0.2) is 39.9 Å². The Balaban J connectivity index is 1.65. The third kappa shape index (κ3) is 3.71. The van der Waals surface area contributed by atoms with Crippen LogP contribution in [0.4, 0.5) is 0 Å². The van der Waals surface area contributed by atoms with Gasteiger partial charge >= 0.3 is 0 Å². The van der Waals surface area contributed by atoms with E-state index in [-0.39, 0.29) is 17.2 Å². The minimum absolute atomic E-state index is 0.178. The Hall–Kier alpha value is -2.67. The van der Waals surface area contributed by atoms with Crippen molar-refractivity contribution in [3.63, 3.8) is 0 Å². The van der Waals surface area contributed by atoms with Gasteiger partial charge in [0.1, 0.15) is 0 Å². The van der Waals surface area contributed by atoms with Crippen molar-refractivity contribution in [2.45, 2.75) is 39.9 Å². The van der Waals surface area contributed by atoms with Crippen molar-refractivity contribution in [2.75, 3.05) is 6.54 Å². The van der Waals surface area contributed by atoms with Gasteiger partial charge in [0.2, 0.25) is 0 Å². The number of hydrogen-bond donors (Lipinski definition) is 2. The Bertz CT molecular complexity index is 999. The second-order valence-corrected chi connectivity index (χ2v) is 6.41. The highest BCUT2D eigenvalue weighted by Crippen LogP contribution is 2.03. The van der Waals surface area contributed by atoms with E-state index in [0.29, 0.717) is 23.9 Å². The van der Waals surface area contributed by atoms with Crippen LogP contribution in [0.3, 0.4) is 0 Å². The summed E-state index contributed by atoms with van der Waals surface area (Å²) >= 11 is 0. The van der Waals surface area contributed by atoms with Gasteiger partial charge < -0.3 is 5.32 Å². The molecule has 0 aliphatic rings. The van der Waals surface area contributed by atoms with E-state index in [1.165, 1.54) is 4.68 Å². The maximum Gasteiger partial charge on any atom is 0.273 e. The van der Waals surface area contributed by atoms with E-state index >= 15 is 0 Å². The number of aromatic nitrogens is 4. The Labute approximate surface area is 145 Å². The van der Waals surface area contributed by atoms with E-state index in [0.717, 1.165) is 17.9 Å². The quantitative estimate of drug-likeness (QED) is 0.705.